The number of hydrogen-bond acceptors (Lipinski definition) is 3. The lowest BCUT2D eigenvalue weighted by Gasteiger charge is -2.15. The molecular formula is C16H20N2O2. The first-order valence-corrected chi connectivity index (χ1v) is 7.11. The standard InChI is InChI=1S/C16H20N2O2/c1-11(2)20-14-7-3-12(4-8-14)16(19)15-9-17-10-18(15)13-5-6-13/h3-4,7-11,13,16,19H,5-6H2,1-2H3. The van der Waals surface area contributed by atoms with Gasteiger partial charge in [0.1, 0.15) is 11.9 Å². The van der Waals surface area contributed by atoms with Crippen LogP contribution in [0.15, 0.2) is 36.8 Å². The van der Waals surface area contributed by atoms with Crippen molar-refractivity contribution in [3.05, 3.63) is 48.0 Å². The van der Waals surface area contributed by atoms with Crippen LogP contribution in [-0.4, -0.2) is 20.8 Å². The molecule has 1 unspecified atom stereocenters. The van der Waals surface area contributed by atoms with Crippen LogP contribution in [0.4, 0.5) is 0 Å². The summed E-state index contributed by atoms with van der Waals surface area (Å²) in [6.07, 6.45) is 5.44. The molecule has 0 aliphatic heterocycles. The van der Waals surface area contributed by atoms with E-state index in [1.165, 1.54) is 12.8 Å². The fraction of sp³-hybridized carbons (Fsp3) is 0.438. The van der Waals surface area contributed by atoms with Gasteiger partial charge in [-0.15, -0.1) is 0 Å². The normalized spacial score (nSPS) is 16.4. The molecule has 1 N–H and O–H groups in total. The number of imidazole rings is 1. The van der Waals surface area contributed by atoms with Crippen LogP contribution in [0.5, 0.6) is 5.75 Å². The van der Waals surface area contributed by atoms with Crippen LogP contribution in [0.25, 0.3) is 0 Å². The van der Waals surface area contributed by atoms with Crippen molar-refractivity contribution in [3.8, 4) is 5.75 Å². The molecule has 0 radical (unpaired) electrons. The van der Waals surface area contributed by atoms with Gasteiger partial charge in [-0.1, -0.05) is 12.1 Å². The summed E-state index contributed by atoms with van der Waals surface area (Å²) in [5.41, 5.74) is 1.73. The molecule has 20 heavy (non-hydrogen) atoms. The van der Waals surface area contributed by atoms with Crippen molar-refractivity contribution in [2.75, 3.05) is 0 Å². The van der Waals surface area contributed by atoms with Crippen molar-refractivity contribution in [2.24, 2.45) is 0 Å². The zero-order valence-electron chi connectivity index (χ0n) is 11.9. The van der Waals surface area contributed by atoms with Crippen LogP contribution in [0, 0.1) is 0 Å². The van der Waals surface area contributed by atoms with E-state index in [1.54, 1.807) is 6.20 Å². The lowest BCUT2D eigenvalue weighted by Crippen LogP contribution is -2.08. The minimum absolute atomic E-state index is 0.155. The topological polar surface area (TPSA) is 47.3 Å². The lowest BCUT2D eigenvalue weighted by atomic mass is 10.1. The largest absolute Gasteiger partial charge is 0.491 e. The van der Waals surface area contributed by atoms with Gasteiger partial charge >= 0.3 is 0 Å². The Bertz CT molecular complexity index is 570. The third kappa shape index (κ3) is 2.70. The van der Waals surface area contributed by atoms with Gasteiger partial charge < -0.3 is 14.4 Å². The molecule has 1 fully saturated rings. The molecule has 0 saturated heterocycles. The third-order valence-electron chi connectivity index (χ3n) is 3.48. The Balaban J connectivity index is 1.79. The summed E-state index contributed by atoms with van der Waals surface area (Å²) in [6, 6.07) is 8.14. The zero-order chi connectivity index (χ0) is 14.1. The summed E-state index contributed by atoms with van der Waals surface area (Å²) in [5, 5.41) is 10.5. The van der Waals surface area contributed by atoms with Crippen LogP contribution < -0.4 is 4.74 Å². The maximum Gasteiger partial charge on any atom is 0.121 e. The smallest absolute Gasteiger partial charge is 0.121 e. The van der Waals surface area contributed by atoms with Crippen molar-refractivity contribution >= 4 is 0 Å². The van der Waals surface area contributed by atoms with E-state index in [0.29, 0.717) is 6.04 Å². The second-order valence-electron chi connectivity index (χ2n) is 5.60. The van der Waals surface area contributed by atoms with Crippen LogP contribution >= 0.6 is 0 Å². The van der Waals surface area contributed by atoms with Crippen LogP contribution in [-0.2, 0) is 0 Å². The highest BCUT2D eigenvalue weighted by atomic mass is 16.5. The van der Waals surface area contributed by atoms with E-state index in [4.69, 9.17) is 4.74 Å². The number of benzene rings is 1. The van der Waals surface area contributed by atoms with Crippen LogP contribution in [0.2, 0.25) is 0 Å². The van der Waals surface area contributed by atoms with E-state index in [1.807, 2.05) is 44.4 Å². The molecule has 4 nitrogen and oxygen atoms in total. The molecule has 0 amide bonds. The second kappa shape index (κ2) is 5.29. The Morgan fingerprint density at radius 1 is 1.25 bits per heavy atom. The molecule has 3 rings (SSSR count). The molecule has 1 aliphatic rings. The van der Waals surface area contributed by atoms with E-state index in [-0.39, 0.29) is 6.10 Å². The minimum atomic E-state index is -0.633. The maximum atomic E-state index is 10.5. The molecule has 106 valence electrons. The van der Waals surface area contributed by atoms with Crippen molar-refractivity contribution in [2.45, 2.75) is 44.9 Å². The molecule has 1 atom stereocenters. The number of rotatable bonds is 5. The summed E-state index contributed by atoms with van der Waals surface area (Å²) in [6.45, 7) is 3.99. The first-order chi connectivity index (χ1) is 9.65. The molecule has 2 aromatic rings. The van der Waals surface area contributed by atoms with Gasteiger partial charge in [0, 0.05) is 6.04 Å². The molecule has 0 bridgehead atoms. The highest BCUT2D eigenvalue weighted by Crippen LogP contribution is 2.37. The van der Waals surface area contributed by atoms with Gasteiger partial charge in [0.25, 0.3) is 0 Å². The van der Waals surface area contributed by atoms with Gasteiger partial charge in [-0.2, -0.15) is 0 Å². The van der Waals surface area contributed by atoms with E-state index in [2.05, 4.69) is 9.55 Å². The molecule has 1 saturated carbocycles. The van der Waals surface area contributed by atoms with E-state index >= 15 is 0 Å². The fourth-order valence-corrected chi connectivity index (χ4v) is 2.36. The van der Waals surface area contributed by atoms with E-state index in [0.717, 1.165) is 17.0 Å². The number of nitrogens with zero attached hydrogens (tertiary/aromatic N) is 2. The van der Waals surface area contributed by atoms with Crippen LogP contribution in [0.1, 0.15) is 50.1 Å². The molecule has 1 aromatic heterocycles. The summed E-state index contributed by atoms with van der Waals surface area (Å²) in [7, 11) is 0. The monoisotopic (exact) mass is 272 g/mol. The second-order valence-corrected chi connectivity index (χ2v) is 5.60. The Kier molecular flexibility index (Phi) is 3.49. The van der Waals surface area contributed by atoms with Crippen molar-refractivity contribution in [1.82, 2.24) is 9.55 Å². The van der Waals surface area contributed by atoms with E-state index in [9.17, 15) is 5.11 Å². The molecular weight excluding hydrogens is 252 g/mol. The average Bonchev–Trinajstić information content (AvgIpc) is 3.16. The number of hydrogen-bond donors (Lipinski definition) is 1. The molecule has 4 heteroatoms. The average molecular weight is 272 g/mol. The quantitative estimate of drug-likeness (QED) is 0.910. The molecule has 1 aliphatic carbocycles. The Labute approximate surface area is 119 Å². The Morgan fingerprint density at radius 2 is 1.95 bits per heavy atom. The van der Waals surface area contributed by atoms with Crippen molar-refractivity contribution in [1.29, 1.82) is 0 Å². The minimum Gasteiger partial charge on any atom is -0.491 e. The number of ether oxygens (including phenoxy) is 1. The van der Waals surface area contributed by atoms with Gasteiger partial charge in [0.2, 0.25) is 0 Å². The highest BCUT2D eigenvalue weighted by Gasteiger charge is 2.27. The number of aliphatic hydroxyl groups is 1. The van der Waals surface area contributed by atoms with Crippen molar-refractivity contribution < 1.29 is 9.84 Å². The van der Waals surface area contributed by atoms with Gasteiger partial charge in [0.15, 0.2) is 0 Å². The summed E-state index contributed by atoms with van der Waals surface area (Å²) in [4.78, 5) is 4.17. The number of aliphatic hydroxyl groups excluding tert-OH is 1. The molecule has 1 heterocycles. The van der Waals surface area contributed by atoms with Gasteiger partial charge in [-0.25, -0.2) is 4.98 Å². The van der Waals surface area contributed by atoms with Gasteiger partial charge in [0.05, 0.1) is 24.3 Å². The van der Waals surface area contributed by atoms with Gasteiger partial charge in [-0.3, -0.25) is 0 Å². The fourth-order valence-electron chi connectivity index (χ4n) is 2.36. The Hall–Kier alpha value is -1.81. The maximum absolute atomic E-state index is 10.5. The predicted molar refractivity (Wildman–Crippen MR) is 76.8 cm³/mol. The lowest BCUT2D eigenvalue weighted by molar-refractivity contribution is 0.209. The summed E-state index contributed by atoms with van der Waals surface area (Å²) < 4.78 is 7.70. The third-order valence-corrected chi connectivity index (χ3v) is 3.48. The van der Waals surface area contributed by atoms with E-state index < -0.39 is 6.10 Å². The van der Waals surface area contributed by atoms with Gasteiger partial charge in [-0.05, 0) is 44.4 Å². The highest BCUT2D eigenvalue weighted by molar-refractivity contribution is 5.32. The SMILES string of the molecule is CC(C)Oc1ccc(C(O)c2cncn2C2CC2)cc1. The first kappa shape index (κ1) is 13.2. The first-order valence-electron chi connectivity index (χ1n) is 7.11. The van der Waals surface area contributed by atoms with Crippen LogP contribution in [0.3, 0.4) is 0 Å². The predicted octanol–water partition coefficient (Wildman–Crippen LogP) is 3.09. The number of aromatic nitrogens is 2. The molecule has 1 aromatic carbocycles. The Morgan fingerprint density at radius 3 is 2.55 bits per heavy atom. The zero-order valence-corrected chi connectivity index (χ0v) is 11.9. The van der Waals surface area contributed by atoms with Crippen molar-refractivity contribution in [3.63, 3.8) is 0 Å². The summed E-state index contributed by atoms with van der Waals surface area (Å²) in [5.74, 6) is 0.826. The summed E-state index contributed by atoms with van der Waals surface area (Å²) >= 11 is 0. The molecule has 0 spiro atoms.